The van der Waals surface area contributed by atoms with Gasteiger partial charge in [0.1, 0.15) is 11.9 Å². The van der Waals surface area contributed by atoms with E-state index in [0.29, 0.717) is 30.6 Å². The van der Waals surface area contributed by atoms with Gasteiger partial charge in [-0.15, -0.1) is 0 Å². The highest BCUT2D eigenvalue weighted by atomic mass is 16.6. The maximum Gasteiger partial charge on any atom is 0.415 e. The van der Waals surface area contributed by atoms with E-state index in [0.717, 1.165) is 29.7 Å². The van der Waals surface area contributed by atoms with E-state index in [2.05, 4.69) is 20.2 Å². The van der Waals surface area contributed by atoms with Crippen molar-refractivity contribution < 1.29 is 14.3 Å². The standard InChI is InChI=1S/C23H25N5O3/c1-16-3-5-20(6-4-16)31-23(29)28-11-8-18(9-12-28)17(2)30-22-15-24-21(14-25-22)19-7-10-26-27-13-19/h3-7,10,13-15,17-18H,8-9,11-12H2,1-2H3. The van der Waals surface area contributed by atoms with Crippen molar-refractivity contribution in [3.63, 3.8) is 0 Å². The summed E-state index contributed by atoms with van der Waals surface area (Å²) >= 11 is 0. The zero-order valence-electron chi connectivity index (χ0n) is 17.6. The second-order valence-electron chi connectivity index (χ2n) is 7.70. The molecule has 1 aromatic carbocycles. The zero-order valence-corrected chi connectivity index (χ0v) is 17.6. The van der Waals surface area contributed by atoms with Crippen LogP contribution in [0, 0.1) is 12.8 Å². The minimum Gasteiger partial charge on any atom is -0.473 e. The Morgan fingerprint density at radius 1 is 1.03 bits per heavy atom. The number of benzene rings is 1. The van der Waals surface area contributed by atoms with Crippen molar-refractivity contribution in [2.45, 2.75) is 32.8 Å². The fourth-order valence-electron chi connectivity index (χ4n) is 3.58. The molecule has 2 aromatic heterocycles. The maximum absolute atomic E-state index is 12.4. The summed E-state index contributed by atoms with van der Waals surface area (Å²) in [5, 5.41) is 7.62. The van der Waals surface area contributed by atoms with Gasteiger partial charge in [0, 0.05) is 18.7 Å². The molecule has 0 saturated carbocycles. The average molecular weight is 419 g/mol. The van der Waals surface area contributed by atoms with E-state index in [1.54, 1.807) is 29.7 Å². The summed E-state index contributed by atoms with van der Waals surface area (Å²) in [5.74, 6) is 1.38. The van der Waals surface area contributed by atoms with E-state index in [9.17, 15) is 4.79 Å². The van der Waals surface area contributed by atoms with Gasteiger partial charge in [-0.25, -0.2) is 14.8 Å². The number of nitrogens with zero attached hydrogens (tertiary/aromatic N) is 5. The Morgan fingerprint density at radius 2 is 1.81 bits per heavy atom. The highest BCUT2D eigenvalue weighted by Crippen LogP contribution is 2.25. The summed E-state index contributed by atoms with van der Waals surface area (Å²) in [4.78, 5) is 22.9. The third kappa shape index (κ3) is 5.33. The van der Waals surface area contributed by atoms with Crippen molar-refractivity contribution in [3.05, 3.63) is 60.7 Å². The molecule has 1 amide bonds. The predicted octanol–water partition coefficient (Wildman–Crippen LogP) is 3.92. The molecule has 1 unspecified atom stereocenters. The number of hydrogen-bond acceptors (Lipinski definition) is 7. The molecule has 1 fully saturated rings. The number of carbonyl (C=O) groups excluding carboxylic acids is 1. The molecule has 1 atom stereocenters. The fourth-order valence-corrected chi connectivity index (χ4v) is 3.58. The Bertz CT molecular complexity index is 988. The number of hydrogen-bond donors (Lipinski definition) is 0. The topological polar surface area (TPSA) is 90.3 Å². The molecule has 0 spiro atoms. The molecule has 4 rings (SSSR count). The highest BCUT2D eigenvalue weighted by molar-refractivity contribution is 5.70. The lowest BCUT2D eigenvalue weighted by molar-refractivity contribution is 0.0814. The number of aromatic nitrogens is 4. The zero-order chi connectivity index (χ0) is 21.6. The van der Waals surface area contributed by atoms with E-state index < -0.39 is 0 Å². The molecule has 8 nitrogen and oxygen atoms in total. The van der Waals surface area contributed by atoms with Gasteiger partial charge in [0.15, 0.2) is 0 Å². The number of ether oxygens (including phenoxy) is 2. The molecule has 160 valence electrons. The molecule has 8 heteroatoms. The summed E-state index contributed by atoms with van der Waals surface area (Å²) in [5.41, 5.74) is 2.70. The molecule has 0 bridgehead atoms. The number of aryl methyl sites for hydroxylation is 1. The van der Waals surface area contributed by atoms with Crippen LogP contribution in [0.15, 0.2) is 55.1 Å². The Labute approximate surface area is 181 Å². The summed E-state index contributed by atoms with van der Waals surface area (Å²) in [6.45, 7) is 5.32. The minimum atomic E-state index is -0.303. The van der Waals surface area contributed by atoms with Crippen LogP contribution in [0.4, 0.5) is 4.79 Å². The summed E-state index contributed by atoms with van der Waals surface area (Å²) in [6.07, 6.45) is 7.91. The molecule has 0 aliphatic carbocycles. The van der Waals surface area contributed by atoms with Crippen LogP contribution in [-0.2, 0) is 0 Å². The van der Waals surface area contributed by atoms with Crippen molar-refractivity contribution in [1.29, 1.82) is 0 Å². The van der Waals surface area contributed by atoms with Gasteiger partial charge >= 0.3 is 6.09 Å². The predicted molar refractivity (Wildman–Crippen MR) is 115 cm³/mol. The van der Waals surface area contributed by atoms with Crippen LogP contribution in [0.2, 0.25) is 0 Å². The fraction of sp³-hybridized carbons (Fsp3) is 0.348. The molecular formula is C23H25N5O3. The third-order valence-corrected chi connectivity index (χ3v) is 5.50. The number of rotatable bonds is 5. The van der Waals surface area contributed by atoms with E-state index in [-0.39, 0.29) is 12.2 Å². The van der Waals surface area contributed by atoms with Crippen LogP contribution in [0.3, 0.4) is 0 Å². The van der Waals surface area contributed by atoms with Gasteiger partial charge < -0.3 is 14.4 Å². The second-order valence-corrected chi connectivity index (χ2v) is 7.70. The second kappa shape index (κ2) is 9.51. The molecular weight excluding hydrogens is 394 g/mol. The minimum absolute atomic E-state index is 0.0296. The van der Waals surface area contributed by atoms with Crippen molar-refractivity contribution in [1.82, 2.24) is 25.1 Å². The lowest BCUT2D eigenvalue weighted by Crippen LogP contribution is -2.43. The van der Waals surface area contributed by atoms with Gasteiger partial charge in [0.2, 0.25) is 5.88 Å². The normalized spacial score (nSPS) is 15.4. The summed E-state index contributed by atoms with van der Waals surface area (Å²) in [6, 6.07) is 9.31. The highest BCUT2D eigenvalue weighted by Gasteiger charge is 2.28. The average Bonchev–Trinajstić information content (AvgIpc) is 2.82. The Balaban J connectivity index is 1.26. The smallest absolute Gasteiger partial charge is 0.415 e. The van der Waals surface area contributed by atoms with E-state index in [4.69, 9.17) is 9.47 Å². The van der Waals surface area contributed by atoms with Gasteiger partial charge in [0.05, 0.1) is 30.5 Å². The van der Waals surface area contributed by atoms with E-state index in [1.807, 2.05) is 44.2 Å². The van der Waals surface area contributed by atoms with Crippen LogP contribution in [0.1, 0.15) is 25.3 Å². The maximum atomic E-state index is 12.4. The lowest BCUT2D eigenvalue weighted by Gasteiger charge is -2.34. The SMILES string of the molecule is Cc1ccc(OC(=O)N2CCC(C(C)Oc3cnc(-c4ccnnc4)cn3)CC2)cc1. The number of carbonyl (C=O) groups is 1. The van der Waals surface area contributed by atoms with Crippen LogP contribution in [0.25, 0.3) is 11.3 Å². The molecule has 1 aliphatic heterocycles. The number of piperidine rings is 1. The molecule has 0 N–H and O–H groups in total. The molecule has 3 heterocycles. The number of amides is 1. The van der Waals surface area contributed by atoms with Gasteiger partial charge in [0.25, 0.3) is 0 Å². The van der Waals surface area contributed by atoms with Gasteiger partial charge in [-0.2, -0.15) is 10.2 Å². The first-order chi connectivity index (χ1) is 15.1. The Hall–Kier alpha value is -3.55. The first kappa shape index (κ1) is 20.7. The Kier molecular flexibility index (Phi) is 6.35. The molecule has 31 heavy (non-hydrogen) atoms. The molecule has 3 aromatic rings. The van der Waals surface area contributed by atoms with Gasteiger partial charge in [-0.05, 0) is 50.8 Å². The van der Waals surface area contributed by atoms with Crippen LogP contribution in [-0.4, -0.2) is 50.4 Å². The van der Waals surface area contributed by atoms with Gasteiger partial charge in [-0.3, -0.25) is 0 Å². The van der Waals surface area contributed by atoms with E-state index >= 15 is 0 Å². The largest absolute Gasteiger partial charge is 0.473 e. The number of likely N-dealkylation sites (tertiary alicyclic amines) is 1. The van der Waals surface area contributed by atoms with Crippen molar-refractivity contribution >= 4 is 6.09 Å². The monoisotopic (exact) mass is 419 g/mol. The Morgan fingerprint density at radius 3 is 2.45 bits per heavy atom. The van der Waals surface area contributed by atoms with Crippen LogP contribution >= 0.6 is 0 Å². The first-order valence-electron chi connectivity index (χ1n) is 10.4. The van der Waals surface area contributed by atoms with Crippen molar-refractivity contribution in [2.75, 3.05) is 13.1 Å². The lowest BCUT2D eigenvalue weighted by atomic mass is 9.92. The molecule has 1 saturated heterocycles. The van der Waals surface area contributed by atoms with Gasteiger partial charge in [-0.1, -0.05) is 17.7 Å². The van der Waals surface area contributed by atoms with Crippen molar-refractivity contribution in [3.8, 4) is 22.9 Å². The van der Waals surface area contributed by atoms with Crippen LogP contribution in [0.5, 0.6) is 11.6 Å². The molecule has 1 aliphatic rings. The quantitative estimate of drug-likeness (QED) is 0.619. The summed E-state index contributed by atoms with van der Waals surface area (Å²) in [7, 11) is 0. The van der Waals surface area contributed by atoms with Crippen molar-refractivity contribution in [2.24, 2.45) is 5.92 Å². The van der Waals surface area contributed by atoms with Crippen LogP contribution < -0.4 is 9.47 Å². The third-order valence-electron chi connectivity index (χ3n) is 5.50. The first-order valence-corrected chi connectivity index (χ1v) is 10.4. The summed E-state index contributed by atoms with van der Waals surface area (Å²) < 4.78 is 11.5. The van der Waals surface area contributed by atoms with E-state index in [1.165, 1.54) is 0 Å². The molecule has 0 radical (unpaired) electrons.